The number of hydrogen-bond acceptors (Lipinski definition) is 3. The lowest BCUT2D eigenvalue weighted by Crippen LogP contribution is -1.95. The number of para-hydroxylation sites is 1. The second-order valence-corrected chi connectivity index (χ2v) is 4.49. The van der Waals surface area contributed by atoms with Crippen molar-refractivity contribution < 1.29 is 14.3 Å². The molecule has 3 aromatic rings. The summed E-state index contributed by atoms with van der Waals surface area (Å²) in [4.78, 5) is 0. The first-order valence-corrected chi connectivity index (χ1v) is 6.12. The van der Waals surface area contributed by atoms with E-state index >= 15 is 0 Å². The van der Waals surface area contributed by atoms with Crippen LogP contribution in [0.4, 0.5) is 0 Å². The third-order valence-corrected chi connectivity index (χ3v) is 3.02. The molecule has 3 rings (SSSR count). The number of aryl methyl sites for hydroxylation is 1. The minimum atomic E-state index is 0.202. The standard InChI is InChI=1S/C16H14O3/c1-11-4-2-3-5-15(11)18-10-14-8-12-6-7-13(17)9-16(12)19-14/h2-9,17H,10H2,1H3. The molecule has 0 aliphatic heterocycles. The van der Waals surface area contributed by atoms with Crippen molar-refractivity contribution in [3.8, 4) is 11.5 Å². The molecule has 0 atom stereocenters. The Hall–Kier alpha value is -2.42. The molecule has 0 amide bonds. The molecule has 0 aliphatic carbocycles. The van der Waals surface area contributed by atoms with Crippen LogP contribution in [0.25, 0.3) is 11.0 Å². The van der Waals surface area contributed by atoms with Gasteiger partial charge < -0.3 is 14.3 Å². The molecule has 0 saturated heterocycles. The molecule has 1 N–H and O–H groups in total. The van der Waals surface area contributed by atoms with E-state index in [0.29, 0.717) is 12.2 Å². The molecule has 2 aromatic carbocycles. The highest BCUT2D eigenvalue weighted by Gasteiger charge is 2.06. The maximum atomic E-state index is 9.39. The quantitative estimate of drug-likeness (QED) is 0.767. The molecule has 1 aromatic heterocycles. The highest BCUT2D eigenvalue weighted by molar-refractivity contribution is 5.79. The molecule has 0 radical (unpaired) electrons. The van der Waals surface area contributed by atoms with E-state index in [2.05, 4.69) is 0 Å². The van der Waals surface area contributed by atoms with Gasteiger partial charge in [-0.05, 0) is 36.8 Å². The van der Waals surface area contributed by atoms with Crippen LogP contribution in [0.1, 0.15) is 11.3 Å². The van der Waals surface area contributed by atoms with Gasteiger partial charge in [-0.3, -0.25) is 0 Å². The fourth-order valence-corrected chi connectivity index (χ4v) is 2.01. The molecular formula is C16H14O3. The van der Waals surface area contributed by atoms with Crippen LogP contribution in [0.3, 0.4) is 0 Å². The Morgan fingerprint density at radius 2 is 1.95 bits per heavy atom. The number of hydrogen-bond donors (Lipinski definition) is 1. The smallest absolute Gasteiger partial charge is 0.146 e. The number of aromatic hydroxyl groups is 1. The first-order valence-electron chi connectivity index (χ1n) is 6.12. The van der Waals surface area contributed by atoms with Crippen molar-refractivity contribution in [1.82, 2.24) is 0 Å². The molecule has 3 nitrogen and oxygen atoms in total. The van der Waals surface area contributed by atoms with Crippen LogP contribution in [-0.4, -0.2) is 5.11 Å². The largest absolute Gasteiger partial charge is 0.508 e. The van der Waals surface area contributed by atoms with Gasteiger partial charge in [-0.1, -0.05) is 18.2 Å². The van der Waals surface area contributed by atoms with Gasteiger partial charge in [0.05, 0.1) is 0 Å². The Morgan fingerprint density at radius 3 is 2.79 bits per heavy atom. The summed E-state index contributed by atoms with van der Waals surface area (Å²) in [6.07, 6.45) is 0. The summed E-state index contributed by atoms with van der Waals surface area (Å²) in [5, 5.41) is 10.4. The van der Waals surface area contributed by atoms with Crippen molar-refractivity contribution >= 4 is 11.0 Å². The van der Waals surface area contributed by atoms with Gasteiger partial charge in [0.1, 0.15) is 29.4 Å². The summed E-state index contributed by atoms with van der Waals surface area (Å²) in [5.41, 5.74) is 1.76. The number of rotatable bonds is 3. The second-order valence-electron chi connectivity index (χ2n) is 4.49. The Balaban J connectivity index is 1.80. The summed E-state index contributed by atoms with van der Waals surface area (Å²) in [5.74, 6) is 1.79. The molecule has 0 unspecified atom stereocenters. The van der Waals surface area contributed by atoms with Gasteiger partial charge in [-0.25, -0.2) is 0 Å². The SMILES string of the molecule is Cc1ccccc1OCc1cc2ccc(O)cc2o1. The summed E-state index contributed by atoms with van der Waals surface area (Å²) in [7, 11) is 0. The molecule has 0 saturated carbocycles. The fourth-order valence-electron chi connectivity index (χ4n) is 2.01. The van der Waals surface area contributed by atoms with Crippen molar-refractivity contribution in [3.63, 3.8) is 0 Å². The minimum Gasteiger partial charge on any atom is -0.508 e. The van der Waals surface area contributed by atoms with Crippen LogP contribution in [0, 0.1) is 6.92 Å². The van der Waals surface area contributed by atoms with Crippen molar-refractivity contribution in [2.24, 2.45) is 0 Å². The van der Waals surface area contributed by atoms with E-state index in [1.165, 1.54) is 0 Å². The third kappa shape index (κ3) is 2.40. The van der Waals surface area contributed by atoms with E-state index < -0.39 is 0 Å². The minimum absolute atomic E-state index is 0.202. The van der Waals surface area contributed by atoms with Crippen LogP contribution < -0.4 is 4.74 Å². The summed E-state index contributed by atoms with van der Waals surface area (Å²) in [6, 6.07) is 14.9. The Kier molecular flexibility index (Phi) is 2.88. The van der Waals surface area contributed by atoms with Gasteiger partial charge in [0, 0.05) is 11.5 Å². The first-order chi connectivity index (χ1) is 9.22. The molecule has 0 aliphatic rings. The van der Waals surface area contributed by atoms with E-state index in [-0.39, 0.29) is 5.75 Å². The molecular weight excluding hydrogens is 240 g/mol. The van der Waals surface area contributed by atoms with Gasteiger partial charge in [0.15, 0.2) is 0 Å². The van der Waals surface area contributed by atoms with Crippen LogP contribution >= 0.6 is 0 Å². The summed E-state index contributed by atoms with van der Waals surface area (Å²) >= 11 is 0. The third-order valence-electron chi connectivity index (χ3n) is 3.02. The molecule has 0 fully saturated rings. The zero-order chi connectivity index (χ0) is 13.2. The van der Waals surface area contributed by atoms with Crippen molar-refractivity contribution in [2.75, 3.05) is 0 Å². The number of benzene rings is 2. The first kappa shape index (κ1) is 11.7. The summed E-state index contributed by atoms with van der Waals surface area (Å²) in [6.45, 7) is 2.38. The number of fused-ring (bicyclic) bond motifs is 1. The number of furan rings is 1. The topological polar surface area (TPSA) is 42.6 Å². The maximum Gasteiger partial charge on any atom is 0.146 e. The monoisotopic (exact) mass is 254 g/mol. The van der Waals surface area contributed by atoms with Crippen LogP contribution in [-0.2, 0) is 6.61 Å². The lowest BCUT2D eigenvalue weighted by molar-refractivity contribution is 0.273. The number of phenols is 1. The van der Waals surface area contributed by atoms with E-state index in [0.717, 1.165) is 22.5 Å². The average Bonchev–Trinajstić information content (AvgIpc) is 2.79. The van der Waals surface area contributed by atoms with Crippen LogP contribution in [0.5, 0.6) is 11.5 Å². The normalized spacial score (nSPS) is 10.8. The highest BCUT2D eigenvalue weighted by Crippen LogP contribution is 2.25. The number of ether oxygens (including phenoxy) is 1. The summed E-state index contributed by atoms with van der Waals surface area (Å²) < 4.78 is 11.4. The molecule has 1 heterocycles. The average molecular weight is 254 g/mol. The van der Waals surface area contributed by atoms with Crippen molar-refractivity contribution in [1.29, 1.82) is 0 Å². The predicted octanol–water partition coefficient (Wildman–Crippen LogP) is 4.03. The lowest BCUT2D eigenvalue weighted by Gasteiger charge is -2.06. The van der Waals surface area contributed by atoms with Gasteiger partial charge in [0.25, 0.3) is 0 Å². The van der Waals surface area contributed by atoms with Crippen molar-refractivity contribution in [2.45, 2.75) is 13.5 Å². The van der Waals surface area contributed by atoms with Crippen LogP contribution in [0.2, 0.25) is 0 Å². The van der Waals surface area contributed by atoms with Gasteiger partial charge in [-0.2, -0.15) is 0 Å². The van der Waals surface area contributed by atoms with Gasteiger partial charge in [0.2, 0.25) is 0 Å². The van der Waals surface area contributed by atoms with Crippen LogP contribution in [0.15, 0.2) is 52.9 Å². The van der Waals surface area contributed by atoms with Gasteiger partial charge >= 0.3 is 0 Å². The Labute approximate surface area is 111 Å². The molecule has 0 bridgehead atoms. The zero-order valence-electron chi connectivity index (χ0n) is 10.6. The molecule has 96 valence electrons. The van der Waals surface area contributed by atoms with E-state index in [1.807, 2.05) is 43.3 Å². The van der Waals surface area contributed by atoms with Gasteiger partial charge in [-0.15, -0.1) is 0 Å². The molecule has 3 heteroatoms. The number of phenolic OH excluding ortho intramolecular Hbond substituents is 1. The fraction of sp³-hybridized carbons (Fsp3) is 0.125. The molecule has 19 heavy (non-hydrogen) atoms. The predicted molar refractivity (Wildman–Crippen MR) is 73.4 cm³/mol. The Bertz CT molecular complexity index is 713. The van der Waals surface area contributed by atoms with Crippen molar-refractivity contribution in [3.05, 3.63) is 59.9 Å². The van der Waals surface area contributed by atoms with E-state index in [4.69, 9.17) is 9.15 Å². The molecule has 0 spiro atoms. The lowest BCUT2D eigenvalue weighted by atomic mass is 10.2. The highest BCUT2D eigenvalue weighted by atomic mass is 16.5. The second kappa shape index (κ2) is 4.69. The van der Waals surface area contributed by atoms with E-state index in [1.54, 1.807) is 12.1 Å². The van der Waals surface area contributed by atoms with E-state index in [9.17, 15) is 5.11 Å². The zero-order valence-corrected chi connectivity index (χ0v) is 10.6. The maximum absolute atomic E-state index is 9.39. The Morgan fingerprint density at radius 1 is 1.11 bits per heavy atom.